The van der Waals surface area contributed by atoms with E-state index in [1.54, 1.807) is 4.68 Å². The molecule has 0 saturated heterocycles. The number of nitrogen functional groups attached to an aromatic ring is 1. The minimum absolute atomic E-state index is 0.0230. The molecule has 96 valence electrons. The van der Waals surface area contributed by atoms with Gasteiger partial charge in [-0.25, -0.2) is 14.1 Å². The van der Waals surface area contributed by atoms with Crippen molar-refractivity contribution in [2.45, 2.75) is 26.7 Å². The van der Waals surface area contributed by atoms with Gasteiger partial charge in [0, 0.05) is 18.9 Å². The minimum atomic E-state index is -0.535. The summed E-state index contributed by atoms with van der Waals surface area (Å²) in [6.07, 6.45) is 1.44. The SMILES string of the molecule is CCc1nc(CC)n(-c2cc(Cl)c(F)cc2N)n1. The van der Waals surface area contributed by atoms with Crippen LogP contribution in [0.2, 0.25) is 5.02 Å². The van der Waals surface area contributed by atoms with E-state index in [1.165, 1.54) is 12.1 Å². The summed E-state index contributed by atoms with van der Waals surface area (Å²) in [6.45, 7) is 3.95. The van der Waals surface area contributed by atoms with Gasteiger partial charge in [0.05, 0.1) is 16.4 Å². The lowest BCUT2D eigenvalue weighted by Crippen LogP contribution is -2.06. The molecule has 0 atom stereocenters. The maximum absolute atomic E-state index is 13.3. The predicted octanol–water partition coefficient (Wildman–Crippen LogP) is 2.77. The van der Waals surface area contributed by atoms with Crippen LogP contribution in [-0.2, 0) is 12.8 Å². The molecular weight excluding hydrogens is 255 g/mol. The van der Waals surface area contributed by atoms with E-state index >= 15 is 0 Å². The topological polar surface area (TPSA) is 56.7 Å². The van der Waals surface area contributed by atoms with Crippen LogP contribution in [0.15, 0.2) is 12.1 Å². The van der Waals surface area contributed by atoms with E-state index < -0.39 is 5.82 Å². The van der Waals surface area contributed by atoms with Gasteiger partial charge in [-0.1, -0.05) is 25.4 Å². The summed E-state index contributed by atoms with van der Waals surface area (Å²) < 4.78 is 14.9. The molecule has 0 radical (unpaired) electrons. The molecule has 1 aromatic heterocycles. The fourth-order valence-corrected chi connectivity index (χ4v) is 1.86. The molecular formula is C12H14ClFN4. The second-order valence-electron chi connectivity index (χ2n) is 3.89. The maximum Gasteiger partial charge on any atom is 0.151 e. The number of anilines is 1. The number of halogens is 2. The van der Waals surface area contributed by atoms with Crippen LogP contribution in [0.3, 0.4) is 0 Å². The lowest BCUT2D eigenvalue weighted by atomic mass is 10.2. The van der Waals surface area contributed by atoms with Crippen LogP contribution < -0.4 is 5.73 Å². The molecule has 2 aromatic rings. The molecule has 6 heteroatoms. The summed E-state index contributed by atoms with van der Waals surface area (Å²) in [6, 6.07) is 2.67. The van der Waals surface area contributed by atoms with E-state index in [0.717, 1.165) is 18.1 Å². The van der Waals surface area contributed by atoms with Crippen LogP contribution in [0.1, 0.15) is 25.5 Å². The number of hydrogen-bond donors (Lipinski definition) is 1. The zero-order valence-corrected chi connectivity index (χ0v) is 11.0. The number of nitrogens with zero attached hydrogens (tertiary/aromatic N) is 3. The Morgan fingerprint density at radius 1 is 1.33 bits per heavy atom. The Hall–Kier alpha value is -1.62. The first-order valence-corrected chi connectivity index (χ1v) is 6.14. The molecule has 0 aliphatic heterocycles. The van der Waals surface area contributed by atoms with E-state index in [2.05, 4.69) is 10.1 Å². The highest BCUT2D eigenvalue weighted by molar-refractivity contribution is 6.31. The second-order valence-corrected chi connectivity index (χ2v) is 4.30. The van der Waals surface area contributed by atoms with Gasteiger partial charge in [-0.15, -0.1) is 0 Å². The van der Waals surface area contributed by atoms with Gasteiger partial charge in [-0.05, 0) is 6.07 Å². The normalized spacial score (nSPS) is 10.9. The van der Waals surface area contributed by atoms with Gasteiger partial charge in [-0.3, -0.25) is 0 Å². The Morgan fingerprint density at radius 2 is 2.06 bits per heavy atom. The Kier molecular flexibility index (Phi) is 3.52. The quantitative estimate of drug-likeness (QED) is 0.871. The van der Waals surface area contributed by atoms with E-state index in [1.807, 2.05) is 13.8 Å². The molecule has 0 fully saturated rings. The van der Waals surface area contributed by atoms with E-state index in [4.69, 9.17) is 17.3 Å². The van der Waals surface area contributed by atoms with Crippen molar-refractivity contribution in [1.82, 2.24) is 14.8 Å². The number of aryl methyl sites for hydroxylation is 2. The molecule has 1 heterocycles. The summed E-state index contributed by atoms with van der Waals surface area (Å²) in [5, 5.41) is 4.37. The van der Waals surface area contributed by atoms with Gasteiger partial charge in [0.1, 0.15) is 11.6 Å². The third-order valence-corrected chi connectivity index (χ3v) is 2.94. The Morgan fingerprint density at radius 3 is 2.67 bits per heavy atom. The number of hydrogen-bond acceptors (Lipinski definition) is 3. The van der Waals surface area contributed by atoms with Crippen molar-refractivity contribution in [2.75, 3.05) is 5.73 Å². The molecule has 0 aliphatic rings. The van der Waals surface area contributed by atoms with E-state index in [-0.39, 0.29) is 5.02 Å². The van der Waals surface area contributed by atoms with Gasteiger partial charge >= 0.3 is 0 Å². The van der Waals surface area contributed by atoms with Crippen molar-refractivity contribution in [3.8, 4) is 5.69 Å². The standard InChI is InChI=1S/C12H14ClFN4/c1-3-11-16-12(4-2)18(17-11)10-5-7(13)8(14)6-9(10)15/h5-6H,3-4,15H2,1-2H3. The molecule has 0 aliphatic carbocycles. The summed E-state index contributed by atoms with van der Waals surface area (Å²) in [5.41, 5.74) is 6.66. The van der Waals surface area contributed by atoms with Crippen molar-refractivity contribution >= 4 is 17.3 Å². The highest BCUT2D eigenvalue weighted by Gasteiger charge is 2.14. The van der Waals surface area contributed by atoms with Crippen molar-refractivity contribution < 1.29 is 4.39 Å². The first-order valence-electron chi connectivity index (χ1n) is 5.76. The number of rotatable bonds is 3. The van der Waals surface area contributed by atoms with Crippen LogP contribution in [0.4, 0.5) is 10.1 Å². The molecule has 0 spiro atoms. The molecule has 18 heavy (non-hydrogen) atoms. The highest BCUT2D eigenvalue weighted by Crippen LogP contribution is 2.25. The number of nitrogens with two attached hydrogens (primary N) is 1. The number of benzene rings is 1. The average Bonchev–Trinajstić information content (AvgIpc) is 2.77. The molecule has 1 aromatic carbocycles. The minimum Gasteiger partial charge on any atom is -0.397 e. The summed E-state index contributed by atoms with van der Waals surface area (Å²) in [4.78, 5) is 4.38. The molecule has 2 N–H and O–H groups in total. The monoisotopic (exact) mass is 268 g/mol. The first kappa shape index (κ1) is 12.8. The lowest BCUT2D eigenvalue weighted by molar-refractivity contribution is 0.628. The summed E-state index contributed by atoms with van der Waals surface area (Å²) in [5.74, 6) is 0.972. The van der Waals surface area contributed by atoms with Gasteiger partial charge < -0.3 is 5.73 Å². The number of aromatic nitrogens is 3. The van der Waals surface area contributed by atoms with Gasteiger partial charge in [0.15, 0.2) is 5.82 Å². The average molecular weight is 269 g/mol. The molecule has 0 amide bonds. The highest BCUT2D eigenvalue weighted by atomic mass is 35.5. The fraction of sp³-hybridized carbons (Fsp3) is 0.333. The third-order valence-electron chi connectivity index (χ3n) is 2.65. The molecule has 0 unspecified atom stereocenters. The van der Waals surface area contributed by atoms with Gasteiger partial charge in [0.25, 0.3) is 0 Å². The molecule has 0 bridgehead atoms. The second kappa shape index (κ2) is 4.94. The lowest BCUT2D eigenvalue weighted by Gasteiger charge is -2.08. The molecule has 4 nitrogen and oxygen atoms in total. The Labute approximate surface area is 110 Å². The van der Waals surface area contributed by atoms with E-state index in [0.29, 0.717) is 17.8 Å². The summed E-state index contributed by atoms with van der Waals surface area (Å²) in [7, 11) is 0. The Balaban J connectivity index is 2.60. The van der Waals surface area contributed by atoms with Crippen molar-refractivity contribution in [3.05, 3.63) is 34.6 Å². The van der Waals surface area contributed by atoms with E-state index in [9.17, 15) is 4.39 Å². The van der Waals surface area contributed by atoms with Gasteiger partial charge in [-0.2, -0.15) is 5.10 Å². The van der Waals surface area contributed by atoms with Crippen molar-refractivity contribution in [1.29, 1.82) is 0 Å². The smallest absolute Gasteiger partial charge is 0.151 e. The van der Waals surface area contributed by atoms with Crippen LogP contribution in [0, 0.1) is 5.82 Å². The van der Waals surface area contributed by atoms with Crippen molar-refractivity contribution in [2.24, 2.45) is 0 Å². The Bertz CT molecular complexity index is 580. The summed E-state index contributed by atoms with van der Waals surface area (Å²) >= 11 is 5.78. The zero-order chi connectivity index (χ0) is 13.3. The van der Waals surface area contributed by atoms with Crippen LogP contribution in [-0.4, -0.2) is 14.8 Å². The van der Waals surface area contributed by atoms with Gasteiger partial charge in [0.2, 0.25) is 0 Å². The predicted molar refractivity (Wildman–Crippen MR) is 69.5 cm³/mol. The van der Waals surface area contributed by atoms with Crippen LogP contribution >= 0.6 is 11.6 Å². The maximum atomic E-state index is 13.3. The first-order chi connectivity index (χ1) is 8.56. The molecule has 0 saturated carbocycles. The fourth-order valence-electron chi connectivity index (χ4n) is 1.70. The molecule has 2 rings (SSSR count). The zero-order valence-electron chi connectivity index (χ0n) is 10.2. The largest absolute Gasteiger partial charge is 0.397 e. The van der Waals surface area contributed by atoms with Crippen molar-refractivity contribution in [3.63, 3.8) is 0 Å². The third kappa shape index (κ3) is 2.18. The van der Waals surface area contributed by atoms with Crippen LogP contribution in [0.25, 0.3) is 5.69 Å². The van der Waals surface area contributed by atoms with Crippen LogP contribution in [0.5, 0.6) is 0 Å².